The van der Waals surface area contributed by atoms with Crippen LogP contribution in [0.2, 0.25) is 10.0 Å². The van der Waals surface area contributed by atoms with E-state index in [2.05, 4.69) is 27.3 Å². The molecule has 1 heterocycles. The number of fused-ring (bicyclic) bond motifs is 2. The lowest BCUT2D eigenvalue weighted by atomic mass is 10.2. The molecular formula is C12H6BrCl2NS. The lowest BCUT2D eigenvalue weighted by Gasteiger charge is -2.22. The summed E-state index contributed by atoms with van der Waals surface area (Å²) in [7, 11) is 0. The monoisotopic (exact) mass is 345 g/mol. The molecular weight excluding hydrogens is 341 g/mol. The van der Waals surface area contributed by atoms with Crippen LogP contribution in [-0.2, 0) is 0 Å². The molecule has 1 aliphatic rings. The van der Waals surface area contributed by atoms with Gasteiger partial charge in [0.15, 0.2) is 0 Å². The van der Waals surface area contributed by atoms with Gasteiger partial charge in [0.2, 0.25) is 0 Å². The molecule has 1 aliphatic heterocycles. The average Bonchev–Trinajstić information content (AvgIpc) is 2.32. The molecule has 3 rings (SSSR count). The van der Waals surface area contributed by atoms with Crippen LogP contribution in [0.4, 0.5) is 11.4 Å². The van der Waals surface area contributed by atoms with Crippen molar-refractivity contribution < 1.29 is 0 Å². The first kappa shape index (κ1) is 11.7. The fourth-order valence-electron chi connectivity index (χ4n) is 1.67. The second-order valence-corrected chi connectivity index (χ2v) is 6.39. The minimum absolute atomic E-state index is 0.569. The van der Waals surface area contributed by atoms with Gasteiger partial charge in [0.05, 0.1) is 21.4 Å². The summed E-state index contributed by atoms with van der Waals surface area (Å²) >= 11 is 17.4. The number of anilines is 2. The van der Waals surface area contributed by atoms with Gasteiger partial charge in [-0.1, -0.05) is 50.9 Å². The number of nitrogens with one attached hydrogen (secondary N) is 1. The highest BCUT2D eigenvalue weighted by Crippen LogP contribution is 2.49. The van der Waals surface area contributed by atoms with E-state index in [4.69, 9.17) is 23.2 Å². The normalized spacial score (nSPS) is 12.6. The molecule has 0 spiro atoms. The Morgan fingerprint density at radius 2 is 1.88 bits per heavy atom. The second kappa shape index (κ2) is 4.39. The molecule has 0 aromatic heterocycles. The summed E-state index contributed by atoms with van der Waals surface area (Å²) in [6.45, 7) is 0. The molecule has 0 unspecified atom stereocenters. The standard InChI is InChI=1S/C12H6BrCl2NS/c13-6-1-3-8-10(5-6)17-9-4-2-7(14)11(15)12(9)16-8/h1-5,16H. The minimum atomic E-state index is 0.569. The lowest BCUT2D eigenvalue weighted by molar-refractivity contribution is 1.31. The number of hydrogen-bond acceptors (Lipinski definition) is 2. The van der Waals surface area contributed by atoms with Crippen LogP contribution in [0.25, 0.3) is 0 Å². The molecule has 0 amide bonds. The van der Waals surface area contributed by atoms with E-state index in [1.807, 2.05) is 24.3 Å². The number of halogens is 3. The Hall–Kier alpha value is -0.350. The first-order valence-corrected chi connectivity index (χ1v) is 7.24. The maximum Gasteiger partial charge on any atom is 0.0838 e. The van der Waals surface area contributed by atoms with Crippen molar-refractivity contribution in [2.45, 2.75) is 9.79 Å². The molecule has 1 N–H and O–H groups in total. The Kier molecular flexibility index (Phi) is 3.03. The minimum Gasteiger partial charge on any atom is -0.352 e. The van der Waals surface area contributed by atoms with Crippen molar-refractivity contribution in [1.29, 1.82) is 0 Å². The zero-order valence-corrected chi connectivity index (χ0v) is 12.3. The fourth-order valence-corrected chi connectivity index (χ4v) is 3.65. The highest BCUT2D eigenvalue weighted by atomic mass is 79.9. The Morgan fingerprint density at radius 1 is 1.06 bits per heavy atom. The lowest BCUT2D eigenvalue weighted by Crippen LogP contribution is -2.00. The summed E-state index contributed by atoms with van der Waals surface area (Å²) in [6, 6.07) is 9.90. The van der Waals surface area contributed by atoms with Crippen molar-refractivity contribution in [3.8, 4) is 0 Å². The van der Waals surface area contributed by atoms with Crippen LogP contribution in [-0.4, -0.2) is 0 Å². The quantitative estimate of drug-likeness (QED) is 0.538. The van der Waals surface area contributed by atoms with Crippen LogP contribution in [0.1, 0.15) is 0 Å². The van der Waals surface area contributed by atoms with Crippen molar-refractivity contribution in [2.75, 3.05) is 5.32 Å². The van der Waals surface area contributed by atoms with E-state index < -0.39 is 0 Å². The van der Waals surface area contributed by atoms with Crippen LogP contribution < -0.4 is 5.32 Å². The number of rotatable bonds is 0. The molecule has 0 bridgehead atoms. The third-order valence-corrected chi connectivity index (χ3v) is 4.90. The van der Waals surface area contributed by atoms with Gasteiger partial charge < -0.3 is 5.32 Å². The van der Waals surface area contributed by atoms with E-state index in [-0.39, 0.29) is 0 Å². The molecule has 2 aromatic carbocycles. The third kappa shape index (κ3) is 2.06. The maximum absolute atomic E-state index is 6.19. The molecule has 0 aliphatic carbocycles. The summed E-state index contributed by atoms with van der Waals surface area (Å²) in [5.41, 5.74) is 1.94. The van der Waals surface area contributed by atoms with E-state index in [1.54, 1.807) is 11.8 Å². The summed E-state index contributed by atoms with van der Waals surface area (Å²) in [4.78, 5) is 2.26. The molecule has 2 aromatic rings. The zero-order chi connectivity index (χ0) is 12.0. The second-order valence-electron chi connectivity index (χ2n) is 3.60. The maximum atomic E-state index is 6.19. The number of hydrogen-bond donors (Lipinski definition) is 1. The smallest absolute Gasteiger partial charge is 0.0838 e. The molecule has 17 heavy (non-hydrogen) atoms. The van der Waals surface area contributed by atoms with Gasteiger partial charge in [-0.3, -0.25) is 0 Å². The summed E-state index contributed by atoms with van der Waals surface area (Å²) in [5, 5.41) is 4.46. The van der Waals surface area contributed by atoms with Gasteiger partial charge in [0.25, 0.3) is 0 Å². The summed E-state index contributed by atoms with van der Waals surface area (Å²) < 4.78 is 1.06. The molecule has 1 nitrogen and oxygen atoms in total. The van der Waals surface area contributed by atoms with Gasteiger partial charge >= 0.3 is 0 Å². The molecule has 0 atom stereocenters. The number of benzene rings is 2. The van der Waals surface area contributed by atoms with Gasteiger partial charge in [0, 0.05) is 14.3 Å². The van der Waals surface area contributed by atoms with E-state index in [1.165, 1.54) is 4.90 Å². The first-order valence-electron chi connectivity index (χ1n) is 4.87. The SMILES string of the molecule is Clc1ccc2c(c1Cl)Nc1ccc(Br)cc1S2. The van der Waals surface area contributed by atoms with Crippen molar-refractivity contribution in [3.05, 3.63) is 44.8 Å². The van der Waals surface area contributed by atoms with Gasteiger partial charge in [-0.2, -0.15) is 0 Å². The van der Waals surface area contributed by atoms with Crippen LogP contribution in [0.3, 0.4) is 0 Å². The predicted octanol–water partition coefficient (Wildman–Crippen LogP) is 5.96. The molecule has 0 saturated heterocycles. The van der Waals surface area contributed by atoms with E-state index in [0.717, 1.165) is 20.7 Å². The van der Waals surface area contributed by atoms with Crippen molar-refractivity contribution >= 4 is 62.3 Å². The predicted molar refractivity (Wildman–Crippen MR) is 78.0 cm³/mol. The zero-order valence-electron chi connectivity index (χ0n) is 8.43. The van der Waals surface area contributed by atoms with Crippen molar-refractivity contribution in [1.82, 2.24) is 0 Å². The van der Waals surface area contributed by atoms with Crippen LogP contribution in [0, 0.1) is 0 Å². The average molecular weight is 347 g/mol. The van der Waals surface area contributed by atoms with Crippen molar-refractivity contribution in [3.63, 3.8) is 0 Å². The van der Waals surface area contributed by atoms with E-state index >= 15 is 0 Å². The van der Waals surface area contributed by atoms with E-state index in [0.29, 0.717) is 10.0 Å². The van der Waals surface area contributed by atoms with Gasteiger partial charge in [0.1, 0.15) is 0 Å². The highest BCUT2D eigenvalue weighted by molar-refractivity contribution is 9.10. The molecule has 0 radical (unpaired) electrons. The summed E-state index contributed by atoms with van der Waals surface area (Å²) in [6.07, 6.45) is 0. The molecule has 86 valence electrons. The highest BCUT2D eigenvalue weighted by Gasteiger charge is 2.19. The van der Waals surface area contributed by atoms with Crippen LogP contribution in [0.5, 0.6) is 0 Å². The largest absolute Gasteiger partial charge is 0.352 e. The van der Waals surface area contributed by atoms with Gasteiger partial charge in [-0.25, -0.2) is 0 Å². The van der Waals surface area contributed by atoms with Gasteiger partial charge in [-0.15, -0.1) is 0 Å². The first-order chi connectivity index (χ1) is 8.15. The fraction of sp³-hybridized carbons (Fsp3) is 0. The molecule has 0 fully saturated rings. The van der Waals surface area contributed by atoms with E-state index in [9.17, 15) is 0 Å². The van der Waals surface area contributed by atoms with Gasteiger partial charge in [-0.05, 0) is 30.3 Å². The molecule has 5 heteroatoms. The summed E-state index contributed by atoms with van der Waals surface area (Å²) in [5.74, 6) is 0. The Labute approximate surface area is 122 Å². The Balaban J connectivity index is 2.14. The Bertz CT molecular complexity index is 616. The topological polar surface area (TPSA) is 12.0 Å². The van der Waals surface area contributed by atoms with Crippen LogP contribution in [0.15, 0.2) is 44.6 Å². The van der Waals surface area contributed by atoms with Crippen LogP contribution >= 0.6 is 50.9 Å². The Morgan fingerprint density at radius 3 is 2.71 bits per heavy atom. The van der Waals surface area contributed by atoms with Crippen molar-refractivity contribution in [2.24, 2.45) is 0 Å². The third-order valence-electron chi connectivity index (χ3n) is 2.48. The molecule has 0 saturated carbocycles.